The lowest BCUT2D eigenvalue weighted by Gasteiger charge is -2.17. The van der Waals surface area contributed by atoms with Crippen molar-refractivity contribution in [3.63, 3.8) is 0 Å². The Morgan fingerprint density at radius 2 is 2.33 bits per heavy atom. The summed E-state index contributed by atoms with van der Waals surface area (Å²) in [5.74, 6) is -0.0419. The topological polar surface area (TPSA) is 38.3 Å². The van der Waals surface area contributed by atoms with Gasteiger partial charge in [-0.3, -0.25) is 0 Å². The molecule has 0 aromatic heterocycles. The third-order valence-electron chi connectivity index (χ3n) is 3.02. The molecule has 1 aliphatic rings. The molecule has 3 nitrogen and oxygen atoms in total. The SMILES string of the molecule is COC(=O)C(NCC1CC1)c1ccc(F)c(Br)c1. The van der Waals surface area contributed by atoms with Gasteiger partial charge in [0, 0.05) is 0 Å². The fourth-order valence-electron chi connectivity index (χ4n) is 1.75. The molecule has 1 unspecified atom stereocenters. The molecular weight excluding hydrogens is 301 g/mol. The van der Waals surface area contributed by atoms with Crippen molar-refractivity contribution >= 4 is 21.9 Å². The second-order valence-corrected chi connectivity index (χ2v) is 5.34. The standard InChI is InChI=1S/C13H15BrFNO2/c1-18-13(17)12(16-7-8-2-3-8)9-4-5-11(15)10(14)6-9/h4-6,8,12,16H,2-3,7H2,1H3. The van der Waals surface area contributed by atoms with Crippen LogP contribution in [0.25, 0.3) is 0 Å². The number of carbonyl (C=O) groups excluding carboxylic acids is 1. The van der Waals surface area contributed by atoms with Crippen LogP contribution in [0.2, 0.25) is 0 Å². The maximum absolute atomic E-state index is 13.2. The fraction of sp³-hybridized carbons (Fsp3) is 0.462. The Kier molecular flexibility index (Phi) is 4.35. The number of esters is 1. The Balaban J connectivity index is 2.14. The van der Waals surface area contributed by atoms with Gasteiger partial charge in [-0.1, -0.05) is 6.07 Å². The minimum absolute atomic E-state index is 0.343. The van der Waals surface area contributed by atoms with E-state index < -0.39 is 6.04 Å². The average Bonchev–Trinajstić information content (AvgIpc) is 3.17. The van der Waals surface area contributed by atoms with Crippen molar-refractivity contribution < 1.29 is 13.9 Å². The Bertz CT molecular complexity index is 449. The zero-order valence-electron chi connectivity index (χ0n) is 10.1. The summed E-state index contributed by atoms with van der Waals surface area (Å²) in [6, 6.07) is 4.01. The first kappa shape index (κ1) is 13.5. The molecule has 0 spiro atoms. The molecule has 0 heterocycles. The van der Waals surface area contributed by atoms with Crippen molar-refractivity contribution in [2.75, 3.05) is 13.7 Å². The van der Waals surface area contributed by atoms with E-state index in [2.05, 4.69) is 21.2 Å². The van der Waals surface area contributed by atoms with Gasteiger partial charge in [-0.05, 0) is 58.9 Å². The second kappa shape index (κ2) is 5.80. The molecule has 0 bridgehead atoms. The van der Waals surface area contributed by atoms with Gasteiger partial charge in [-0.2, -0.15) is 0 Å². The van der Waals surface area contributed by atoms with Gasteiger partial charge in [0.05, 0.1) is 11.6 Å². The van der Waals surface area contributed by atoms with Crippen molar-refractivity contribution in [3.8, 4) is 0 Å². The molecule has 5 heteroatoms. The number of methoxy groups -OCH3 is 1. The maximum Gasteiger partial charge on any atom is 0.327 e. The number of nitrogens with one attached hydrogen (secondary N) is 1. The predicted octanol–water partition coefficient (Wildman–Crippen LogP) is 2.80. The van der Waals surface area contributed by atoms with Crippen molar-refractivity contribution in [3.05, 3.63) is 34.1 Å². The van der Waals surface area contributed by atoms with E-state index in [1.165, 1.54) is 26.0 Å². The number of hydrogen-bond donors (Lipinski definition) is 1. The van der Waals surface area contributed by atoms with Crippen LogP contribution in [0, 0.1) is 11.7 Å². The lowest BCUT2D eigenvalue weighted by Crippen LogP contribution is -2.31. The summed E-state index contributed by atoms with van der Waals surface area (Å²) in [5.41, 5.74) is 0.704. The average molecular weight is 316 g/mol. The molecule has 1 atom stereocenters. The molecule has 1 N–H and O–H groups in total. The summed E-state index contributed by atoms with van der Waals surface area (Å²) in [6.07, 6.45) is 2.40. The van der Waals surface area contributed by atoms with Gasteiger partial charge in [0.1, 0.15) is 11.9 Å². The Hall–Kier alpha value is -0.940. The molecule has 1 saturated carbocycles. The number of rotatable bonds is 5. The van der Waals surface area contributed by atoms with Gasteiger partial charge in [0.15, 0.2) is 0 Å². The van der Waals surface area contributed by atoms with Crippen LogP contribution in [-0.4, -0.2) is 19.6 Å². The summed E-state index contributed by atoms with van der Waals surface area (Å²) in [7, 11) is 1.35. The number of ether oxygens (including phenoxy) is 1. The summed E-state index contributed by atoms with van der Waals surface area (Å²) in [4.78, 5) is 11.7. The third kappa shape index (κ3) is 3.29. The van der Waals surface area contributed by atoms with E-state index in [0.29, 0.717) is 16.0 Å². The number of halogens is 2. The van der Waals surface area contributed by atoms with E-state index in [9.17, 15) is 9.18 Å². The number of carbonyl (C=O) groups is 1. The van der Waals surface area contributed by atoms with E-state index >= 15 is 0 Å². The monoisotopic (exact) mass is 315 g/mol. The van der Waals surface area contributed by atoms with Crippen molar-refractivity contribution in [2.45, 2.75) is 18.9 Å². The zero-order valence-corrected chi connectivity index (χ0v) is 11.7. The molecule has 1 aromatic rings. The van der Waals surface area contributed by atoms with Crippen LogP contribution in [0.15, 0.2) is 22.7 Å². The lowest BCUT2D eigenvalue weighted by molar-refractivity contribution is -0.143. The fourth-order valence-corrected chi connectivity index (χ4v) is 2.15. The van der Waals surface area contributed by atoms with Crippen molar-refractivity contribution in [1.29, 1.82) is 0 Å². The predicted molar refractivity (Wildman–Crippen MR) is 69.6 cm³/mol. The summed E-state index contributed by atoms with van der Waals surface area (Å²) in [6.45, 7) is 0.786. The van der Waals surface area contributed by atoms with Gasteiger partial charge in [-0.25, -0.2) is 9.18 Å². The van der Waals surface area contributed by atoms with E-state index in [1.807, 2.05) is 0 Å². The highest BCUT2D eigenvalue weighted by Gasteiger charge is 2.26. The molecule has 1 aliphatic carbocycles. The molecule has 98 valence electrons. The van der Waals surface area contributed by atoms with Crippen LogP contribution < -0.4 is 5.32 Å². The molecule has 18 heavy (non-hydrogen) atoms. The lowest BCUT2D eigenvalue weighted by atomic mass is 10.1. The van der Waals surface area contributed by atoms with Crippen molar-refractivity contribution in [2.24, 2.45) is 5.92 Å². The minimum atomic E-state index is -0.535. The third-order valence-corrected chi connectivity index (χ3v) is 3.63. The van der Waals surface area contributed by atoms with Crippen LogP contribution >= 0.6 is 15.9 Å². The van der Waals surface area contributed by atoms with Crippen LogP contribution in [0.3, 0.4) is 0 Å². The molecule has 0 saturated heterocycles. The normalized spacial score (nSPS) is 16.4. The van der Waals surface area contributed by atoms with E-state index in [1.54, 1.807) is 12.1 Å². The first-order chi connectivity index (χ1) is 8.61. The van der Waals surface area contributed by atoms with E-state index in [4.69, 9.17) is 4.74 Å². The minimum Gasteiger partial charge on any atom is -0.468 e. The highest BCUT2D eigenvalue weighted by atomic mass is 79.9. The van der Waals surface area contributed by atoms with Crippen LogP contribution in [0.4, 0.5) is 4.39 Å². The maximum atomic E-state index is 13.2. The zero-order chi connectivity index (χ0) is 13.1. The van der Waals surface area contributed by atoms with Crippen molar-refractivity contribution in [1.82, 2.24) is 5.32 Å². The van der Waals surface area contributed by atoms with Gasteiger partial charge in [0.2, 0.25) is 0 Å². The molecule has 1 fully saturated rings. The molecule has 0 amide bonds. The second-order valence-electron chi connectivity index (χ2n) is 4.48. The number of hydrogen-bond acceptors (Lipinski definition) is 3. The Morgan fingerprint density at radius 1 is 1.61 bits per heavy atom. The summed E-state index contributed by atoms with van der Waals surface area (Å²) < 4.78 is 18.3. The van der Waals surface area contributed by atoms with Crippen LogP contribution in [0.5, 0.6) is 0 Å². The largest absolute Gasteiger partial charge is 0.468 e. The quantitative estimate of drug-likeness (QED) is 0.849. The molecule has 0 radical (unpaired) electrons. The van der Waals surface area contributed by atoms with Gasteiger partial charge in [-0.15, -0.1) is 0 Å². The Morgan fingerprint density at radius 3 is 2.89 bits per heavy atom. The van der Waals surface area contributed by atoms with Gasteiger partial charge < -0.3 is 10.1 Å². The van der Waals surface area contributed by atoms with E-state index in [0.717, 1.165) is 6.54 Å². The molecular formula is C13H15BrFNO2. The van der Waals surface area contributed by atoms with Gasteiger partial charge >= 0.3 is 5.97 Å². The van der Waals surface area contributed by atoms with Crippen LogP contribution in [0.1, 0.15) is 24.4 Å². The smallest absolute Gasteiger partial charge is 0.327 e. The highest BCUT2D eigenvalue weighted by Crippen LogP contribution is 2.29. The number of benzene rings is 1. The van der Waals surface area contributed by atoms with E-state index in [-0.39, 0.29) is 11.8 Å². The molecule has 0 aliphatic heterocycles. The first-order valence-electron chi connectivity index (χ1n) is 5.88. The first-order valence-corrected chi connectivity index (χ1v) is 6.67. The molecule has 1 aromatic carbocycles. The molecule has 2 rings (SSSR count). The Labute approximate surface area is 114 Å². The van der Waals surface area contributed by atoms with Gasteiger partial charge in [0.25, 0.3) is 0 Å². The van der Waals surface area contributed by atoms with Crippen LogP contribution in [-0.2, 0) is 9.53 Å². The summed E-state index contributed by atoms with van der Waals surface area (Å²) in [5, 5.41) is 3.18. The summed E-state index contributed by atoms with van der Waals surface area (Å²) >= 11 is 3.12. The highest BCUT2D eigenvalue weighted by molar-refractivity contribution is 9.10.